The number of hydrogen-bond acceptors (Lipinski definition) is 3. The third-order valence-corrected chi connectivity index (χ3v) is 4.80. The second-order valence-corrected chi connectivity index (χ2v) is 6.55. The SMILES string of the molecule is Oc1ccccc1CSCc1ccccc1.SCc1ccccc1. The van der Waals surface area contributed by atoms with Gasteiger partial charge in [-0.3, -0.25) is 0 Å². The predicted octanol–water partition coefficient (Wildman–Crippen LogP) is 5.94. The minimum absolute atomic E-state index is 0.392. The quantitative estimate of drug-likeness (QED) is 0.553. The number of hydrogen-bond donors (Lipinski definition) is 2. The Hall–Kier alpha value is -1.84. The van der Waals surface area contributed by atoms with E-state index >= 15 is 0 Å². The maximum Gasteiger partial charge on any atom is 0.119 e. The summed E-state index contributed by atoms with van der Waals surface area (Å²) < 4.78 is 0. The highest BCUT2D eigenvalue weighted by Gasteiger charge is 1.99. The van der Waals surface area contributed by atoms with Crippen LogP contribution in [0.4, 0.5) is 0 Å². The van der Waals surface area contributed by atoms with Gasteiger partial charge in [0.25, 0.3) is 0 Å². The number of aromatic hydroxyl groups is 1. The van der Waals surface area contributed by atoms with E-state index in [1.54, 1.807) is 6.07 Å². The average molecular weight is 355 g/mol. The van der Waals surface area contributed by atoms with Crippen molar-refractivity contribution in [3.63, 3.8) is 0 Å². The monoisotopic (exact) mass is 354 g/mol. The molecule has 0 amide bonds. The first-order chi connectivity index (χ1) is 11.8. The third kappa shape index (κ3) is 6.73. The van der Waals surface area contributed by atoms with Crippen LogP contribution in [0.3, 0.4) is 0 Å². The summed E-state index contributed by atoms with van der Waals surface area (Å²) in [7, 11) is 0. The first kappa shape index (κ1) is 18.5. The Morgan fingerprint density at radius 2 is 1.21 bits per heavy atom. The first-order valence-corrected chi connectivity index (χ1v) is 9.61. The van der Waals surface area contributed by atoms with Gasteiger partial charge in [0.05, 0.1) is 0 Å². The number of thioether (sulfide) groups is 1. The van der Waals surface area contributed by atoms with Gasteiger partial charge >= 0.3 is 0 Å². The van der Waals surface area contributed by atoms with Crippen molar-refractivity contribution in [2.75, 3.05) is 0 Å². The van der Waals surface area contributed by atoms with Crippen LogP contribution in [0.5, 0.6) is 5.75 Å². The third-order valence-electron chi connectivity index (χ3n) is 3.39. The molecular formula is C21H22OS2. The molecule has 0 bridgehead atoms. The standard InChI is InChI=1S/C14H14OS.C7H8S/c15-14-9-5-4-8-13(14)11-16-10-12-6-2-1-3-7-12;8-6-7-4-2-1-3-5-7/h1-9,15H,10-11H2;1-5,8H,6H2. The summed E-state index contributed by atoms with van der Waals surface area (Å²) in [6.45, 7) is 0. The van der Waals surface area contributed by atoms with Crippen LogP contribution < -0.4 is 0 Å². The normalized spacial score (nSPS) is 9.88. The van der Waals surface area contributed by atoms with Crippen molar-refractivity contribution in [1.29, 1.82) is 0 Å². The molecule has 0 aromatic heterocycles. The number of para-hydroxylation sites is 1. The molecule has 0 aliphatic rings. The molecule has 1 nitrogen and oxygen atoms in total. The van der Waals surface area contributed by atoms with Gasteiger partial charge in [-0.2, -0.15) is 24.4 Å². The fraction of sp³-hybridized carbons (Fsp3) is 0.143. The molecule has 0 radical (unpaired) electrons. The minimum Gasteiger partial charge on any atom is -0.508 e. The lowest BCUT2D eigenvalue weighted by Gasteiger charge is -2.04. The number of thiol groups is 1. The van der Waals surface area contributed by atoms with E-state index in [9.17, 15) is 5.11 Å². The van der Waals surface area contributed by atoms with E-state index in [1.807, 2.05) is 54.2 Å². The Morgan fingerprint density at radius 1 is 0.667 bits per heavy atom. The van der Waals surface area contributed by atoms with Crippen molar-refractivity contribution in [2.24, 2.45) is 0 Å². The molecule has 0 saturated heterocycles. The molecule has 0 spiro atoms. The highest BCUT2D eigenvalue weighted by atomic mass is 32.2. The van der Waals surface area contributed by atoms with Crippen molar-refractivity contribution in [2.45, 2.75) is 17.3 Å². The highest BCUT2D eigenvalue weighted by molar-refractivity contribution is 7.97. The van der Waals surface area contributed by atoms with Gasteiger partial charge < -0.3 is 5.11 Å². The van der Waals surface area contributed by atoms with E-state index in [-0.39, 0.29) is 0 Å². The molecule has 3 rings (SSSR count). The zero-order valence-electron chi connectivity index (χ0n) is 13.5. The van der Waals surface area contributed by atoms with Crippen molar-refractivity contribution in [1.82, 2.24) is 0 Å². The lowest BCUT2D eigenvalue weighted by atomic mass is 10.2. The van der Waals surface area contributed by atoms with Crippen molar-refractivity contribution in [3.05, 3.63) is 102 Å². The van der Waals surface area contributed by atoms with Crippen LogP contribution >= 0.6 is 24.4 Å². The topological polar surface area (TPSA) is 20.2 Å². The molecule has 24 heavy (non-hydrogen) atoms. The summed E-state index contributed by atoms with van der Waals surface area (Å²) >= 11 is 5.92. The molecule has 0 aliphatic heterocycles. The maximum atomic E-state index is 9.59. The van der Waals surface area contributed by atoms with Crippen molar-refractivity contribution >= 4 is 24.4 Å². The Morgan fingerprint density at radius 3 is 1.75 bits per heavy atom. The zero-order chi connectivity index (χ0) is 17.0. The molecule has 124 valence electrons. The van der Waals surface area contributed by atoms with Crippen LogP contribution in [0.15, 0.2) is 84.9 Å². The lowest BCUT2D eigenvalue weighted by molar-refractivity contribution is 0.470. The first-order valence-electron chi connectivity index (χ1n) is 7.83. The van der Waals surface area contributed by atoms with E-state index < -0.39 is 0 Å². The molecule has 3 heteroatoms. The average Bonchev–Trinajstić information content (AvgIpc) is 2.65. The summed E-state index contributed by atoms with van der Waals surface area (Å²) in [5.74, 6) is 3.06. The zero-order valence-corrected chi connectivity index (χ0v) is 15.2. The van der Waals surface area contributed by atoms with Crippen LogP contribution in [0.1, 0.15) is 16.7 Å². The number of benzene rings is 3. The second kappa shape index (κ2) is 10.8. The highest BCUT2D eigenvalue weighted by Crippen LogP contribution is 2.23. The van der Waals surface area contributed by atoms with Gasteiger partial charge in [0, 0.05) is 22.8 Å². The molecule has 0 aliphatic carbocycles. The van der Waals surface area contributed by atoms with Crippen LogP contribution in [0, 0.1) is 0 Å². The smallest absolute Gasteiger partial charge is 0.119 e. The molecule has 1 N–H and O–H groups in total. The van der Waals surface area contributed by atoms with Crippen LogP contribution in [-0.4, -0.2) is 5.11 Å². The molecule has 3 aromatic rings. The Kier molecular flexibility index (Phi) is 8.36. The number of phenols is 1. The second-order valence-electron chi connectivity index (χ2n) is 5.25. The van der Waals surface area contributed by atoms with E-state index in [4.69, 9.17) is 0 Å². The van der Waals surface area contributed by atoms with Crippen LogP contribution in [-0.2, 0) is 17.3 Å². The van der Waals surface area contributed by atoms with Gasteiger partial charge in [0.15, 0.2) is 0 Å². The van der Waals surface area contributed by atoms with Gasteiger partial charge in [0.1, 0.15) is 5.75 Å². The largest absolute Gasteiger partial charge is 0.508 e. The number of rotatable bonds is 5. The van der Waals surface area contributed by atoms with Gasteiger partial charge in [-0.25, -0.2) is 0 Å². The van der Waals surface area contributed by atoms with E-state index in [0.29, 0.717) is 5.75 Å². The summed E-state index contributed by atoms with van der Waals surface area (Å²) in [6, 6.07) is 28.0. The van der Waals surface area contributed by atoms with E-state index in [1.165, 1.54) is 11.1 Å². The van der Waals surface area contributed by atoms with Gasteiger partial charge in [-0.15, -0.1) is 0 Å². The lowest BCUT2D eigenvalue weighted by Crippen LogP contribution is -1.83. The van der Waals surface area contributed by atoms with Crippen molar-refractivity contribution in [3.8, 4) is 5.75 Å². The fourth-order valence-electron chi connectivity index (χ4n) is 2.07. The molecule has 0 saturated carbocycles. The summed E-state index contributed by atoms with van der Waals surface area (Å²) in [5, 5.41) is 9.59. The molecule has 0 atom stereocenters. The summed E-state index contributed by atoms with van der Waals surface area (Å²) in [5.41, 5.74) is 3.60. The van der Waals surface area contributed by atoms with Gasteiger partial charge in [-0.1, -0.05) is 78.9 Å². The molecule has 0 unspecified atom stereocenters. The van der Waals surface area contributed by atoms with E-state index in [0.717, 1.165) is 22.8 Å². The van der Waals surface area contributed by atoms with Crippen molar-refractivity contribution < 1.29 is 5.11 Å². The Bertz CT molecular complexity index is 699. The predicted molar refractivity (Wildman–Crippen MR) is 109 cm³/mol. The Labute approximate surface area is 154 Å². The summed E-state index contributed by atoms with van der Waals surface area (Å²) in [6.07, 6.45) is 0. The summed E-state index contributed by atoms with van der Waals surface area (Å²) in [4.78, 5) is 0. The van der Waals surface area contributed by atoms with Gasteiger partial charge in [0.2, 0.25) is 0 Å². The molecule has 0 fully saturated rings. The maximum absolute atomic E-state index is 9.59. The van der Waals surface area contributed by atoms with Crippen LogP contribution in [0.2, 0.25) is 0 Å². The minimum atomic E-state index is 0.392. The van der Waals surface area contributed by atoms with Crippen LogP contribution in [0.25, 0.3) is 0 Å². The van der Waals surface area contributed by atoms with Gasteiger partial charge in [-0.05, 0) is 17.2 Å². The number of phenolic OH excluding ortho intramolecular Hbond substituents is 1. The fourth-order valence-corrected chi connectivity index (χ4v) is 3.27. The molecule has 3 aromatic carbocycles. The molecule has 0 heterocycles. The Balaban J connectivity index is 0.000000219. The molecular weight excluding hydrogens is 332 g/mol. The van der Waals surface area contributed by atoms with E-state index in [2.05, 4.69) is 49.0 Å².